The molecule has 204 valence electrons. The second kappa shape index (κ2) is 12.2. The molecule has 0 saturated carbocycles. The van der Waals surface area contributed by atoms with Gasteiger partial charge in [0, 0.05) is 0 Å². The van der Waals surface area contributed by atoms with Crippen molar-refractivity contribution >= 4 is 26.9 Å². The molecule has 3 heterocycles. The van der Waals surface area contributed by atoms with E-state index in [2.05, 4.69) is 127 Å². The average molecular weight is 621 g/mol. The van der Waals surface area contributed by atoms with Gasteiger partial charge in [-0.2, -0.15) is 0 Å². The number of imidazole rings is 1. The fraction of sp³-hybridized carbons (Fsp3) is 0.364. The summed E-state index contributed by atoms with van der Waals surface area (Å²) in [4.78, 5) is 3.43. The summed E-state index contributed by atoms with van der Waals surface area (Å²) in [6.07, 6.45) is 10.6. The van der Waals surface area contributed by atoms with Gasteiger partial charge in [0.05, 0.1) is 0 Å². The van der Waals surface area contributed by atoms with Crippen LogP contribution in [0.4, 0.5) is 5.82 Å². The molecule has 2 aromatic carbocycles. The molecule has 38 heavy (non-hydrogen) atoms. The Kier molecular flexibility index (Phi) is 8.74. The molecule has 3 nitrogen and oxygen atoms in total. The third-order valence-electron chi connectivity index (χ3n) is 7.33. The number of rotatable bonds is 7. The molecular weight excluding hydrogens is 580 g/mol. The zero-order valence-electron chi connectivity index (χ0n) is 23.0. The summed E-state index contributed by atoms with van der Waals surface area (Å²) in [6, 6.07) is 24.1. The van der Waals surface area contributed by atoms with Crippen LogP contribution in [0.5, 0.6) is 0 Å². The zero-order valence-corrected chi connectivity index (χ0v) is 25.3. The SMILES string of the molecule is CC(C)c1cccc(C(C)C)c1-n1cc2cccc(N3CCCCC3)n2[c]1=[Pd]([Cl])[CH2]C=Cc1ccccc1. The average Bonchev–Trinajstić information content (AvgIpc) is 3.33. The molecule has 0 atom stereocenters. The van der Waals surface area contributed by atoms with Crippen molar-refractivity contribution in [1.82, 2.24) is 8.97 Å². The number of allylic oxidation sites excluding steroid dienone is 1. The number of para-hydroxylation sites is 1. The number of hydrogen-bond donors (Lipinski definition) is 0. The van der Waals surface area contributed by atoms with Gasteiger partial charge in [-0.1, -0.05) is 0 Å². The molecule has 4 aromatic rings. The Hall–Kier alpha value is -2.38. The Balaban J connectivity index is 1.78. The van der Waals surface area contributed by atoms with Crippen LogP contribution in [0.1, 0.15) is 75.5 Å². The number of pyridine rings is 1. The molecule has 1 saturated heterocycles. The van der Waals surface area contributed by atoms with Gasteiger partial charge in [-0.15, -0.1) is 0 Å². The number of aromatic nitrogens is 2. The predicted octanol–water partition coefficient (Wildman–Crippen LogP) is 9.40. The van der Waals surface area contributed by atoms with Crippen molar-refractivity contribution in [3.63, 3.8) is 0 Å². The van der Waals surface area contributed by atoms with E-state index in [0.717, 1.165) is 18.0 Å². The third-order valence-corrected chi connectivity index (χ3v) is 10.9. The van der Waals surface area contributed by atoms with Crippen LogP contribution < -0.4 is 4.90 Å². The van der Waals surface area contributed by atoms with Crippen LogP contribution in [0.25, 0.3) is 17.3 Å². The minimum absolute atomic E-state index is 0.416. The van der Waals surface area contributed by atoms with Gasteiger partial charge < -0.3 is 0 Å². The van der Waals surface area contributed by atoms with Crippen molar-refractivity contribution in [2.24, 2.45) is 0 Å². The van der Waals surface area contributed by atoms with E-state index in [0.29, 0.717) is 11.8 Å². The van der Waals surface area contributed by atoms with Gasteiger partial charge >= 0.3 is 238 Å². The molecule has 0 bridgehead atoms. The van der Waals surface area contributed by atoms with E-state index in [9.17, 15) is 0 Å². The quantitative estimate of drug-likeness (QED) is 0.188. The Bertz CT molecular complexity index is 1460. The predicted molar refractivity (Wildman–Crippen MR) is 160 cm³/mol. The van der Waals surface area contributed by atoms with Gasteiger partial charge in [0.25, 0.3) is 0 Å². The van der Waals surface area contributed by atoms with Gasteiger partial charge in [0.2, 0.25) is 0 Å². The third kappa shape index (κ3) is 5.64. The second-order valence-electron chi connectivity index (χ2n) is 10.7. The number of nitrogens with zero attached hydrogens (tertiary/aromatic N) is 3. The molecule has 1 fully saturated rings. The van der Waals surface area contributed by atoms with Gasteiger partial charge in [-0.3, -0.25) is 0 Å². The maximum absolute atomic E-state index is 7.53. The molecule has 1 aliphatic rings. The standard InChI is InChI=1S/C24H31N3.C9H9.ClH.Pd/c1-18(2)21-11-9-12-22(19(3)4)24(21)26-16-20-10-8-13-23(27(20)17-26)25-14-6-5-7-15-25;1-2-6-9-7-4-3-5-8-9;;/h8-13,16,18-19H,5-7,14-15H2,1-4H3;2-8H,1H2;1H;/q;;;+1/p-1. The molecule has 0 N–H and O–H groups in total. The fourth-order valence-corrected chi connectivity index (χ4v) is 8.64. The van der Waals surface area contributed by atoms with Crippen molar-refractivity contribution < 1.29 is 15.3 Å². The second-order valence-corrected chi connectivity index (χ2v) is 15.0. The summed E-state index contributed by atoms with van der Waals surface area (Å²) in [7, 11) is 7.53. The molecule has 1 aliphatic heterocycles. The first-order chi connectivity index (χ1) is 18.5. The van der Waals surface area contributed by atoms with E-state index in [1.165, 1.54) is 56.9 Å². The first-order valence-electron chi connectivity index (χ1n) is 13.8. The molecule has 0 amide bonds. The minimum atomic E-state index is -1.64. The van der Waals surface area contributed by atoms with Crippen LogP contribution in [-0.2, 0) is 15.3 Å². The molecule has 0 radical (unpaired) electrons. The van der Waals surface area contributed by atoms with E-state index in [4.69, 9.17) is 9.53 Å². The van der Waals surface area contributed by atoms with Crippen LogP contribution in [-0.4, -0.2) is 22.1 Å². The number of piperidine rings is 1. The molecule has 0 spiro atoms. The number of benzene rings is 2. The van der Waals surface area contributed by atoms with Crippen molar-refractivity contribution in [2.75, 3.05) is 18.0 Å². The number of halogens is 1. The summed E-state index contributed by atoms with van der Waals surface area (Å²) in [5, 5.41) is 0. The van der Waals surface area contributed by atoms with Gasteiger partial charge in [-0.05, 0) is 0 Å². The topological polar surface area (TPSA) is 12.6 Å². The Morgan fingerprint density at radius 2 is 1.47 bits per heavy atom. The van der Waals surface area contributed by atoms with E-state index in [-0.39, 0.29) is 0 Å². The number of fused-ring (bicyclic) bond motifs is 1. The van der Waals surface area contributed by atoms with E-state index in [1.807, 2.05) is 0 Å². The summed E-state index contributed by atoms with van der Waals surface area (Å²) in [5.74, 6) is 2.11. The van der Waals surface area contributed by atoms with E-state index < -0.39 is 15.3 Å². The summed E-state index contributed by atoms with van der Waals surface area (Å²) >= 11 is -1.64. The van der Waals surface area contributed by atoms with Crippen LogP contribution >= 0.6 is 9.53 Å². The molecule has 5 heteroatoms. The molecule has 0 aliphatic carbocycles. The van der Waals surface area contributed by atoms with Crippen molar-refractivity contribution in [1.29, 1.82) is 0 Å². The first-order valence-corrected chi connectivity index (χ1v) is 17.7. The normalized spacial score (nSPS) is 16.2. The van der Waals surface area contributed by atoms with E-state index in [1.54, 1.807) is 0 Å². The van der Waals surface area contributed by atoms with Crippen LogP contribution in [0, 0.1) is 3.89 Å². The Morgan fingerprint density at radius 1 is 0.816 bits per heavy atom. The first kappa shape index (κ1) is 27.2. The van der Waals surface area contributed by atoms with Crippen molar-refractivity contribution in [3.8, 4) is 5.69 Å². The fourth-order valence-electron chi connectivity index (χ4n) is 5.42. The molecule has 5 rings (SSSR count). The van der Waals surface area contributed by atoms with Crippen molar-refractivity contribution in [2.45, 2.75) is 63.7 Å². The summed E-state index contributed by atoms with van der Waals surface area (Å²) in [5.41, 5.74) is 6.52. The van der Waals surface area contributed by atoms with Gasteiger partial charge in [-0.25, -0.2) is 0 Å². The van der Waals surface area contributed by atoms with Crippen LogP contribution in [0.15, 0.2) is 79.0 Å². The number of anilines is 1. The van der Waals surface area contributed by atoms with Gasteiger partial charge in [0.15, 0.2) is 0 Å². The zero-order chi connectivity index (χ0) is 26.6. The van der Waals surface area contributed by atoms with Crippen LogP contribution in [0.2, 0.25) is 4.89 Å². The Morgan fingerprint density at radius 3 is 2.13 bits per heavy atom. The van der Waals surface area contributed by atoms with Crippen LogP contribution in [0.3, 0.4) is 0 Å². The maximum atomic E-state index is 7.53. The summed E-state index contributed by atoms with van der Waals surface area (Å²) in [6.45, 7) is 11.4. The van der Waals surface area contributed by atoms with Gasteiger partial charge in [0.1, 0.15) is 0 Å². The molecular formula is C33H40ClN3Pd. The molecule has 0 unspecified atom stereocenters. The van der Waals surface area contributed by atoms with E-state index >= 15 is 0 Å². The summed E-state index contributed by atoms with van der Waals surface area (Å²) < 4.78 is 6.20. The number of hydrogen-bond acceptors (Lipinski definition) is 1. The van der Waals surface area contributed by atoms with Crippen molar-refractivity contribution in [3.05, 3.63) is 99.6 Å². The molecule has 2 aromatic heterocycles. The monoisotopic (exact) mass is 619 g/mol. The Labute approximate surface area is 237 Å².